The predicted molar refractivity (Wildman–Crippen MR) is 116 cm³/mol. The molecule has 2 heterocycles. The summed E-state index contributed by atoms with van der Waals surface area (Å²) in [6.07, 6.45) is 0. The number of imide groups is 1. The Morgan fingerprint density at radius 1 is 0.935 bits per heavy atom. The molecular weight excluding hydrogens is 396 g/mol. The monoisotopic (exact) mass is 422 g/mol. The lowest BCUT2D eigenvalue weighted by molar-refractivity contribution is -0.121. The number of anilines is 1. The number of nitrogens with zero attached hydrogens (tertiary/aromatic N) is 3. The fourth-order valence-electron chi connectivity index (χ4n) is 4.04. The maximum atomic E-state index is 12.4. The van der Waals surface area contributed by atoms with Crippen LogP contribution in [0.1, 0.15) is 20.7 Å². The number of rotatable bonds is 7. The molecule has 8 nitrogen and oxygen atoms in total. The Bertz CT molecular complexity index is 950. The second-order valence-corrected chi connectivity index (χ2v) is 7.59. The van der Waals surface area contributed by atoms with Crippen LogP contribution < -0.4 is 15.0 Å². The molecule has 0 aromatic heterocycles. The standard InChI is InChI=1S/C23H26N4O4/c1-31-20-9-5-4-8-19(20)26-14-12-25(13-15-26)11-10-24-21(28)16-27-22(29)17-6-2-3-7-18(17)23(27)30/h2-9H,10-16H2,1H3,(H,24,28). The van der Waals surface area contributed by atoms with Crippen LogP contribution in [0, 0.1) is 0 Å². The largest absolute Gasteiger partial charge is 0.495 e. The molecule has 0 spiro atoms. The van der Waals surface area contributed by atoms with E-state index >= 15 is 0 Å². The molecule has 162 valence electrons. The van der Waals surface area contributed by atoms with Crippen molar-refractivity contribution in [1.29, 1.82) is 0 Å². The molecular formula is C23H26N4O4. The van der Waals surface area contributed by atoms with Crippen LogP contribution in [-0.2, 0) is 4.79 Å². The van der Waals surface area contributed by atoms with E-state index < -0.39 is 11.8 Å². The number of ether oxygens (including phenoxy) is 1. The first kappa shape index (κ1) is 20.9. The van der Waals surface area contributed by atoms with Crippen molar-refractivity contribution in [3.63, 3.8) is 0 Å². The Morgan fingerprint density at radius 3 is 2.19 bits per heavy atom. The second kappa shape index (κ2) is 9.18. The fourth-order valence-corrected chi connectivity index (χ4v) is 4.04. The molecule has 2 aliphatic heterocycles. The highest BCUT2D eigenvalue weighted by atomic mass is 16.5. The average molecular weight is 422 g/mol. The Kier molecular flexibility index (Phi) is 6.18. The number of hydrogen-bond acceptors (Lipinski definition) is 6. The minimum absolute atomic E-state index is 0.256. The minimum atomic E-state index is -0.414. The summed E-state index contributed by atoms with van der Waals surface area (Å²) >= 11 is 0. The molecule has 0 saturated carbocycles. The third kappa shape index (κ3) is 4.39. The van der Waals surface area contributed by atoms with Gasteiger partial charge in [-0.15, -0.1) is 0 Å². The van der Waals surface area contributed by atoms with Gasteiger partial charge in [0.1, 0.15) is 12.3 Å². The van der Waals surface area contributed by atoms with E-state index in [-0.39, 0.29) is 12.5 Å². The molecule has 31 heavy (non-hydrogen) atoms. The summed E-state index contributed by atoms with van der Waals surface area (Å²) in [5, 5.41) is 2.83. The molecule has 3 amide bonds. The number of para-hydroxylation sites is 2. The van der Waals surface area contributed by atoms with Crippen LogP contribution in [0.2, 0.25) is 0 Å². The van der Waals surface area contributed by atoms with E-state index in [9.17, 15) is 14.4 Å². The van der Waals surface area contributed by atoms with Gasteiger partial charge < -0.3 is 15.0 Å². The van der Waals surface area contributed by atoms with Crippen LogP contribution in [0.3, 0.4) is 0 Å². The molecule has 1 N–H and O–H groups in total. The number of carbonyl (C=O) groups excluding carboxylic acids is 3. The van der Waals surface area contributed by atoms with Crippen LogP contribution in [0.15, 0.2) is 48.5 Å². The summed E-state index contributed by atoms with van der Waals surface area (Å²) in [6, 6.07) is 14.6. The first-order valence-corrected chi connectivity index (χ1v) is 10.4. The molecule has 0 unspecified atom stereocenters. The van der Waals surface area contributed by atoms with Crippen molar-refractivity contribution in [2.75, 3.05) is 57.8 Å². The van der Waals surface area contributed by atoms with E-state index in [4.69, 9.17) is 4.74 Å². The van der Waals surface area contributed by atoms with Crippen LogP contribution in [0.25, 0.3) is 0 Å². The van der Waals surface area contributed by atoms with Gasteiger partial charge in [-0.25, -0.2) is 0 Å². The Balaban J connectivity index is 1.21. The summed E-state index contributed by atoms with van der Waals surface area (Å²) in [4.78, 5) is 42.6. The number of carbonyl (C=O) groups is 3. The summed E-state index contributed by atoms with van der Waals surface area (Å²) < 4.78 is 5.45. The van der Waals surface area contributed by atoms with Gasteiger partial charge >= 0.3 is 0 Å². The van der Waals surface area contributed by atoms with E-state index in [0.29, 0.717) is 24.2 Å². The third-order valence-electron chi connectivity index (χ3n) is 5.73. The zero-order valence-electron chi connectivity index (χ0n) is 17.5. The van der Waals surface area contributed by atoms with Gasteiger partial charge in [0.15, 0.2) is 0 Å². The lowest BCUT2D eigenvalue weighted by Gasteiger charge is -2.36. The zero-order chi connectivity index (χ0) is 21.8. The van der Waals surface area contributed by atoms with Crippen LogP contribution >= 0.6 is 0 Å². The Morgan fingerprint density at radius 2 is 1.55 bits per heavy atom. The first-order valence-electron chi connectivity index (χ1n) is 10.4. The highest BCUT2D eigenvalue weighted by molar-refractivity contribution is 6.22. The average Bonchev–Trinajstić information content (AvgIpc) is 3.04. The van der Waals surface area contributed by atoms with Crippen molar-refractivity contribution in [1.82, 2.24) is 15.1 Å². The van der Waals surface area contributed by atoms with Crippen molar-refractivity contribution in [2.24, 2.45) is 0 Å². The van der Waals surface area contributed by atoms with Gasteiger partial charge in [0.2, 0.25) is 5.91 Å². The summed E-state index contributed by atoms with van der Waals surface area (Å²) in [6.45, 7) is 4.45. The van der Waals surface area contributed by atoms with Gasteiger partial charge in [-0.2, -0.15) is 0 Å². The number of nitrogens with one attached hydrogen (secondary N) is 1. The quantitative estimate of drug-likeness (QED) is 0.676. The summed E-state index contributed by atoms with van der Waals surface area (Å²) in [5.74, 6) is -0.287. The molecule has 1 saturated heterocycles. The number of piperazine rings is 1. The minimum Gasteiger partial charge on any atom is -0.495 e. The van der Waals surface area contributed by atoms with Crippen molar-refractivity contribution >= 4 is 23.4 Å². The molecule has 1 fully saturated rings. The van der Waals surface area contributed by atoms with Gasteiger partial charge in [-0.1, -0.05) is 24.3 Å². The summed E-state index contributed by atoms with van der Waals surface area (Å²) in [7, 11) is 1.68. The number of fused-ring (bicyclic) bond motifs is 1. The van der Waals surface area contributed by atoms with Gasteiger partial charge in [-0.05, 0) is 24.3 Å². The van der Waals surface area contributed by atoms with E-state index in [1.165, 1.54) is 0 Å². The lowest BCUT2D eigenvalue weighted by Crippen LogP contribution is -2.49. The highest BCUT2D eigenvalue weighted by Gasteiger charge is 2.36. The third-order valence-corrected chi connectivity index (χ3v) is 5.73. The number of hydrogen-bond donors (Lipinski definition) is 1. The summed E-state index contributed by atoms with van der Waals surface area (Å²) in [5.41, 5.74) is 1.81. The van der Waals surface area contributed by atoms with Gasteiger partial charge in [0, 0.05) is 39.3 Å². The second-order valence-electron chi connectivity index (χ2n) is 7.59. The number of amides is 3. The highest BCUT2D eigenvalue weighted by Crippen LogP contribution is 2.28. The van der Waals surface area contributed by atoms with Gasteiger partial charge in [0.05, 0.1) is 23.9 Å². The van der Waals surface area contributed by atoms with E-state index in [1.54, 1.807) is 31.4 Å². The molecule has 2 aliphatic rings. The van der Waals surface area contributed by atoms with Crippen molar-refractivity contribution in [2.45, 2.75) is 0 Å². The van der Waals surface area contributed by atoms with Crippen molar-refractivity contribution in [3.05, 3.63) is 59.7 Å². The fraction of sp³-hybridized carbons (Fsp3) is 0.348. The molecule has 0 atom stereocenters. The topological polar surface area (TPSA) is 82.2 Å². The molecule has 2 aromatic rings. The zero-order valence-corrected chi connectivity index (χ0v) is 17.5. The molecule has 0 bridgehead atoms. The Labute approximate surface area is 181 Å². The SMILES string of the molecule is COc1ccccc1N1CCN(CCNC(=O)CN2C(=O)c3ccccc3C2=O)CC1. The molecule has 8 heteroatoms. The predicted octanol–water partition coefficient (Wildman–Crippen LogP) is 1.23. The normalized spacial score (nSPS) is 16.4. The van der Waals surface area contributed by atoms with Crippen molar-refractivity contribution in [3.8, 4) is 5.75 Å². The van der Waals surface area contributed by atoms with Crippen LogP contribution in [0.5, 0.6) is 5.75 Å². The molecule has 0 aliphatic carbocycles. The smallest absolute Gasteiger partial charge is 0.262 e. The first-order chi connectivity index (χ1) is 15.1. The number of methoxy groups -OCH3 is 1. The van der Waals surface area contributed by atoms with E-state index in [1.807, 2.05) is 18.2 Å². The number of benzene rings is 2. The maximum absolute atomic E-state index is 12.4. The van der Waals surface area contributed by atoms with Crippen LogP contribution in [-0.4, -0.2) is 80.4 Å². The van der Waals surface area contributed by atoms with E-state index in [0.717, 1.165) is 42.5 Å². The lowest BCUT2D eigenvalue weighted by atomic mass is 10.1. The molecule has 4 rings (SSSR count). The molecule has 0 radical (unpaired) electrons. The Hall–Kier alpha value is -3.39. The van der Waals surface area contributed by atoms with Crippen molar-refractivity contribution < 1.29 is 19.1 Å². The van der Waals surface area contributed by atoms with Gasteiger partial charge in [-0.3, -0.25) is 24.2 Å². The van der Waals surface area contributed by atoms with E-state index in [2.05, 4.69) is 21.2 Å². The molecule has 2 aromatic carbocycles. The van der Waals surface area contributed by atoms with Gasteiger partial charge in [0.25, 0.3) is 11.8 Å². The van der Waals surface area contributed by atoms with Crippen LogP contribution in [0.4, 0.5) is 5.69 Å². The maximum Gasteiger partial charge on any atom is 0.262 e.